The van der Waals surface area contributed by atoms with Crippen molar-refractivity contribution in [3.05, 3.63) is 53.7 Å². The van der Waals surface area contributed by atoms with Gasteiger partial charge in [0.2, 0.25) is 0 Å². The molecule has 108 valence electrons. The second-order valence-electron chi connectivity index (χ2n) is 4.65. The number of hydrogen-bond donors (Lipinski definition) is 2. The maximum absolute atomic E-state index is 12.1. The minimum Gasteiger partial charge on any atom is -0.363 e. The number of benzene rings is 1. The fourth-order valence-corrected chi connectivity index (χ4v) is 2.92. The van der Waals surface area contributed by atoms with E-state index in [1.54, 1.807) is 11.4 Å². The summed E-state index contributed by atoms with van der Waals surface area (Å²) in [5, 5.41) is 9.85. The number of nitrogens with one attached hydrogen (secondary N) is 2. The number of para-hydroxylation sites is 1. The van der Waals surface area contributed by atoms with Crippen LogP contribution in [0.3, 0.4) is 0 Å². The number of anilines is 1. The monoisotopic (exact) mass is 310 g/mol. The Morgan fingerprint density at radius 2 is 2.18 bits per heavy atom. The topological polar surface area (TPSA) is 83.8 Å². The van der Waals surface area contributed by atoms with Gasteiger partial charge in [0, 0.05) is 22.3 Å². The van der Waals surface area contributed by atoms with Crippen molar-refractivity contribution in [1.82, 2.24) is 15.1 Å². The van der Waals surface area contributed by atoms with Crippen molar-refractivity contribution in [2.45, 2.75) is 0 Å². The van der Waals surface area contributed by atoms with Gasteiger partial charge in [-0.25, -0.2) is 4.98 Å². The number of H-pyrrole nitrogens is 1. The summed E-state index contributed by atoms with van der Waals surface area (Å²) in [4.78, 5) is 19.7. The Balaban J connectivity index is 1.62. The zero-order valence-electron chi connectivity index (χ0n) is 11.2. The van der Waals surface area contributed by atoms with Crippen LogP contribution in [0.2, 0.25) is 0 Å². The second kappa shape index (κ2) is 5.12. The average Bonchev–Trinajstić information content (AvgIpc) is 3.26. The predicted molar refractivity (Wildman–Crippen MR) is 83.9 cm³/mol. The Bertz CT molecular complexity index is 906. The van der Waals surface area contributed by atoms with Gasteiger partial charge in [0.05, 0.1) is 5.69 Å². The van der Waals surface area contributed by atoms with Crippen LogP contribution in [0.5, 0.6) is 0 Å². The number of carbonyl (C=O) groups excluding carboxylic acids is 1. The van der Waals surface area contributed by atoms with Crippen LogP contribution in [0.4, 0.5) is 5.82 Å². The molecule has 0 aliphatic heterocycles. The van der Waals surface area contributed by atoms with Crippen molar-refractivity contribution in [3.63, 3.8) is 0 Å². The van der Waals surface area contributed by atoms with Crippen molar-refractivity contribution in [2.24, 2.45) is 0 Å². The molecule has 0 unspecified atom stereocenters. The van der Waals surface area contributed by atoms with Gasteiger partial charge >= 0.3 is 0 Å². The van der Waals surface area contributed by atoms with E-state index in [2.05, 4.69) is 25.0 Å². The number of rotatable bonds is 3. The largest absolute Gasteiger partial charge is 0.363 e. The summed E-state index contributed by atoms with van der Waals surface area (Å²) >= 11 is 1.41. The lowest BCUT2D eigenvalue weighted by atomic mass is 10.2. The number of aromatic amines is 1. The van der Waals surface area contributed by atoms with Crippen molar-refractivity contribution < 1.29 is 9.32 Å². The molecule has 4 rings (SSSR count). The van der Waals surface area contributed by atoms with Crippen LogP contribution in [0.1, 0.15) is 10.5 Å². The Morgan fingerprint density at radius 3 is 3.00 bits per heavy atom. The zero-order valence-corrected chi connectivity index (χ0v) is 12.1. The number of nitrogens with zero attached hydrogens (tertiary/aromatic N) is 2. The molecular weight excluding hydrogens is 300 g/mol. The third-order valence-corrected chi connectivity index (χ3v) is 4.05. The van der Waals surface area contributed by atoms with E-state index in [1.807, 2.05) is 30.3 Å². The van der Waals surface area contributed by atoms with Crippen molar-refractivity contribution >= 4 is 34.0 Å². The third-order valence-electron chi connectivity index (χ3n) is 3.18. The molecule has 0 fully saturated rings. The minimum atomic E-state index is -0.312. The highest BCUT2D eigenvalue weighted by Crippen LogP contribution is 2.27. The van der Waals surface area contributed by atoms with Gasteiger partial charge < -0.3 is 14.8 Å². The quantitative estimate of drug-likeness (QED) is 0.606. The first-order valence-corrected chi connectivity index (χ1v) is 7.43. The van der Waals surface area contributed by atoms with Crippen LogP contribution >= 0.6 is 11.3 Å². The van der Waals surface area contributed by atoms with Crippen LogP contribution < -0.4 is 5.32 Å². The van der Waals surface area contributed by atoms with Gasteiger partial charge in [0.1, 0.15) is 17.0 Å². The average molecular weight is 310 g/mol. The van der Waals surface area contributed by atoms with Crippen molar-refractivity contribution in [3.8, 4) is 10.7 Å². The van der Waals surface area contributed by atoms with Crippen LogP contribution in [-0.4, -0.2) is 21.0 Å². The lowest BCUT2D eigenvalue weighted by Crippen LogP contribution is -2.12. The molecule has 4 aromatic rings. The Morgan fingerprint density at radius 1 is 1.27 bits per heavy atom. The maximum Gasteiger partial charge on any atom is 0.276 e. The number of amides is 1. The van der Waals surface area contributed by atoms with Gasteiger partial charge in [0.15, 0.2) is 5.82 Å². The summed E-state index contributed by atoms with van der Waals surface area (Å²) in [5.74, 6) is 0.0534. The highest BCUT2D eigenvalue weighted by Gasteiger charge is 2.14. The number of thiazole rings is 1. The standard InChI is InChI=1S/C15H10N4O2S/c20-14(18-13-5-6-21-19-13)12-8-22-15(17-12)11-7-9-3-1-2-4-10(9)16-11/h1-8,16H,(H,18,19,20). The SMILES string of the molecule is O=C(Nc1ccon1)c1csc(-c2cc3ccccc3[nH]2)n1. The molecule has 0 aliphatic carbocycles. The van der Waals surface area contributed by atoms with E-state index < -0.39 is 0 Å². The normalized spacial score (nSPS) is 10.9. The van der Waals surface area contributed by atoms with Gasteiger partial charge in [-0.2, -0.15) is 0 Å². The molecule has 3 aromatic heterocycles. The predicted octanol–water partition coefficient (Wildman–Crippen LogP) is 3.53. The first kappa shape index (κ1) is 12.8. The number of aromatic nitrogens is 3. The molecule has 0 aliphatic rings. The molecule has 3 heterocycles. The summed E-state index contributed by atoms with van der Waals surface area (Å²) in [6, 6.07) is 11.6. The summed E-state index contributed by atoms with van der Waals surface area (Å²) in [6.45, 7) is 0. The van der Waals surface area contributed by atoms with Crippen LogP contribution in [0.25, 0.3) is 21.6 Å². The van der Waals surface area contributed by atoms with Crippen LogP contribution in [-0.2, 0) is 0 Å². The molecule has 0 bridgehead atoms. The number of hydrogen-bond acceptors (Lipinski definition) is 5. The van der Waals surface area contributed by atoms with Gasteiger partial charge in [-0.05, 0) is 12.1 Å². The summed E-state index contributed by atoms with van der Waals surface area (Å²) in [5.41, 5.74) is 2.29. The molecule has 6 nitrogen and oxygen atoms in total. The lowest BCUT2D eigenvalue weighted by molar-refractivity contribution is 0.102. The third kappa shape index (κ3) is 2.27. The van der Waals surface area contributed by atoms with E-state index in [-0.39, 0.29) is 5.91 Å². The van der Waals surface area contributed by atoms with E-state index in [4.69, 9.17) is 0 Å². The minimum absolute atomic E-state index is 0.312. The summed E-state index contributed by atoms with van der Waals surface area (Å²) in [6.07, 6.45) is 1.40. The van der Waals surface area contributed by atoms with Gasteiger partial charge in [0.25, 0.3) is 5.91 Å². The Hall–Kier alpha value is -2.93. The fraction of sp³-hybridized carbons (Fsp3) is 0. The molecule has 0 saturated heterocycles. The van der Waals surface area contributed by atoms with E-state index in [1.165, 1.54) is 17.6 Å². The number of fused-ring (bicyclic) bond motifs is 1. The van der Waals surface area contributed by atoms with Crippen molar-refractivity contribution in [2.75, 3.05) is 5.32 Å². The van der Waals surface area contributed by atoms with Gasteiger partial charge in [-0.3, -0.25) is 4.79 Å². The molecule has 0 atom stereocenters. The molecule has 1 aromatic carbocycles. The number of carbonyl (C=O) groups is 1. The molecule has 2 N–H and O–H groups in total. The molecule has 0 radical (unpaired) electrons. The maximum atomic E-state index is 12.1. The summed E-state index contributed by atoms with van der Waals surface area (Å²) in [7, 11) is 0. The lowest BCUT2D eigenvalue weighted by Gasteiger charge is -1.96. The van der Waals surface area contributed by atoms with Crippen LogP contribution in [0, 0.1) is 0 Å². The highest BCUT2D eigenvalue weighted by molar-refractivity contribution is 7.13. The molecule has 1 amide bonds. The second-order valence-corrected chi connectivity index (χ2v) is 5.51. The van der Waals surface area contributed by atoms with E-state index in [0.29, 0.717) is 11.5 Å². The molecular formula is C15H10N4O2S. The van der Waals surface area contributed by atoms with E-state index in [0.717, 1.165) is 21.6 Å². The van der Waals surface area contributed by atoms with E-state index >= 15 is 0 Å². The Kier molecular flexibility index (Phi) is 2.97. The van der Waals surface area contributed by atoms with E-state index in [9.17, 15) is 4.79 Å². The fourth-order valence-electron chi connectivity index (χ4n) is 2.15. The van der Waals surface area contributed by atoms with Crippen LogP contribution in [0.15, 0.2) is 52.6 Å². The highest BCUT2D eigenvalue weighted by atomic mass is 32.1. The summed E-state index contributed by atoms with van der Waals surface area (Å²) < 4.78 is 4.67. The smallest absolute Gasteiger partial charge is 0.276 e. The Labute approximate surface area is 128 Å². The van der Waals surface area contributed by atoms with Gasteiger partial charge in [-0.1, -0.05) is 23.4 Å². The molecule has 22 heavy (non-hydrogen) atoms. The molecule has 0 spiro atoms. The first-order chi connectivity index (χ1) is 10.8. The first-order valence-electron chi connectivity index (χ1n) is 6.55. The van der Waals surface area contributed by atoms with Gasteiger partial charge in [-0.15, -0.1) is 11.3 Å². The van der Waals surface area contributed by atoms with Crippen molar-refractivity contribution in [1.29, 1.82) is 0 Å². The zero-order chi connectivity index (χ0) is 14.9. The molecule has 0 saturated carbocycles. The molecule has 7 heteroatoms.